The van der Waals surface area contributed by atoms with Gasteiger partial charge in [-0.25, -0.2) is 4.79 Å². The molecule has 5 rings (SSSR count). The summed E-state index contributed by atoms with van der Waals surface area (Å²) in [4.78, 5) is 21.5. The van der Waals surface area contributed by atoms with Gasteiger partial charge in [-0.2, -0.15) is 0 Å². The first kappa shape index (κ1) is 20.0. The lowest BCUT2D eigenvalue weighted by Gasteiger charge is -2.59. The van der Waals surface area contributed by atoms with Gasteiger partial charge in [-0.1, -0.05) is 41.9 Å². The topological polar surface area (TPSA) is 68.7 Å². The molecule has 1 aromatic heterocycles. The third kappa shape index (κ3) is 3.67. The summed E-state index contributed by atoms with van der Waals surface area (Å²) in [5.74, 6) is 0.188. The van der Waals surface area contributed by atoms with E-state index in [4.69, 9.17) is 11.6 Å². The molecule has 3 atom stereocenters. The molecule has 7 heteroatoms. The van der Waals surface area contributed by atoms with Gasteiger partial charge in [-0.3, -0.25) is 14.8 Å². The van der Waals surface area contributed by atoms with E-state index in [1.54, 1.807) is 23.2 Å². The molecular formula is C24H23ClN4O2. The fourth-order valence-electron chi connectivity index (χ4n) is 4.85. The average molecular weight is 435 g/mol. The number of pyridine rings is 1. The predicted molar refractivity (Wildman–Crippen MR) is 121 cm³/mol. The lowest BCUT2D eigenvalue weighted by atomic mass is 9.72. The number of para-hydroxylation sites is 1. The first-order valence-electron chi connectivity index (χ1n) is 10.3. The van der Waals surface area contributed by atoms with Crippen molar-refractivity contribution in [3.63, 3.8) is 0 Å². The molecule has 2 aliphatic heterocycles. The van der Waals surface area contributed by atoms with Crippen molar-refractivity contribution in [1.82, 2.24) is 9.88 Å². The van der Waals surface area contributed by atoms with Crippen LogP contribution in [0.2, 0.25) is 5.02 Å². The number of hydrogen-bond acceptors (Lipinski definition) is 4. The Bertz CT molecular complexity index is 1090. The van der Waals surface area contributed by atoms with Gasteiger partial charge in [0, 0.05) is 59.9 Å². The van der Waals surface area contributed by atoms with Crippen molar-refractivity contribution in [3.05, 3.63) is 89.2 Å². The smallest absolute Gasteiger partial charge is 0.326 e. The lowest BCUT2D eigenvalue weighted by Crippen LogP contribution is -2.69. The minimum atomic E-state index is -0.193. The van der Waals surface area contributed by atoms with E-state index in [0.29, 0.717) is 23.8 Å². The van der Waals surface area contributed by atoms with Gasteiger partial charge in [-0.15, -0.1) is 0 Å². The number of rotatable bonds is 4. The number of carbonyl (C=O) groups excluding carboxylic acids is 1. The minimum Gasteiger partial charge on any atom is -0.395 e. The number of anilines is 2. The molecule has 6 nitrogen and oxygen atoms in total. The van der Waals surface area contributed by atoms with Crippen LogP contribution in [0, 0.1) is 0 Å². The van der Waals surface area contributed by atoms with Crippen molar-refractivity contribution in [2.75, 3.05) is 23.4 Å². The third-order valence-electron chi connectivity index (χ3n) is 6.23. The highest BCUT2D eigenvalue weighted by atomic mass is 35.5. The fourth-order valence-corrected chi connectivity index (χ4v) is 5.04. The number of aromatic nitrogens is 1. The number of amides is 2. The third-order valence-corrected chi connectivity index (χ3v) is 6.47. The van der Waals surface area contributed by atoms with E-state index < -0.39 is 0 Å². The Labute approximate surface area is 186 Å². The number of likely N-dealkylation sites (tertiary alicyclic amines) is 1. The van der Waals surface area contributed by atoms with Crippen molar-refractivity contribution in [2.24, 2.45) is 0 Å². The van der Waals surface area contributed by atoms with Gasteiger partial charge in [0.2, 0.25) is 0 Å². The molecule has 0 bridgehead atoms. The highest BCUT2D eigenvalue weighted by Gasteiger charge is 2.53. The number of fused-ring (bicyclic) bond motifs is 3. The van der Waals surface area contributed by atoms with Crippen LogP contribution in [0.4, 0.5) is 16.2 Å². The molecule has 0 aliphatic carbocycles. The zero-order valence-corrected chi connectivity index (χ0v) is 17.6. The molecular weight excluding hydrogens is 412 g/mol. The molecule has 0 radical (unpaired) electrons. The summed E-state index contributed by atoms with van der Waals surface area (Å²) in [5.41, 5.74) is 3.74. The van der Waals surface area contributed by atoms with Crippen molar-refractivity contribution in [2.45, 2.75) is 24.5 Å². The van der Waals surface area contributed by atoms with Gasteiger partial charge in [0.25, 0.3) is 0 Å². The van der Waals surface area contributed by atoms with Gasteiger partial charge < -0.3 is 10.4 Å². The minimum absolute atomic E-state index is 0.0181. The van der Waals surface area contributed by atoms with E-state index in [2.05, 4.69) is 21.3 Å². The number of nitrogens with zero attached hydrogens (tertiary/aromatic N) is 3. The van der Waals surface area contributed by atoms with Crippen LogP contribution in [-0.2, 0) is 6.54 Å². The van der Waals surface area contributed by atoms with Crippen LogP contribution < -0.4 is 10.2 Å². The molecule has 3 heterocycles. The van der Waals surface area contributed by atoms with E-state index >= 15 is 0 Å². The summed E-state index contributed by atoms with van der Waals surface area (Å²) in [7, 11) is 0. The molecule has 2 amide bonds. The molecule has 2 N–H and O–H groups in total. The molecule has 1 fully saturated rings. The van der Waals surface area contributed by atoms with Gasteiger partial charge in [0.05, 0.1) is 6.61 Å². The maximum Gasteiger partial charge on any atom is 0.326 e. The predicted octanol–water partition coefficient (Wildman–Crippen LogP) is 4.12. The number of aliphatic hydroxyl groups is 1. The largest absolute Gasteiger partial charge is 0.395 e. The molecule has 31 heavy (non-hydrogen) atoms. The fraction of sp³-hybridized carbons (Fsp3) is 0.250. The normalized spacial score (nSPS) is 22.3. The number of nitrogens with one attached hydrogen (secondary N) is 1. The maximum atomic E-state index is 13.2. The Morgan fingerprint density at radius 2 is 2.03 bits per heavy atom. The molecule has 0 unspecified atom stereocenters. The Morgan fingerprint density at radius 3 is 2.81 bits per heavy atom. The first-order chi connectivity index (χ1) is 15.2. The zero-order chi connectivity index (χ0) is 21.4. The van der Waals surface area contributed by atoms with Crippen LogP contribution >= 0.6 is 11.6 Å². The summed E-state index contributed by atoms with van der Waals surface area (Å²) < 4.78 is 0. The second-order valence-electron chi connectivity index (χ2n) is 7.99. The number of aliphatic hydroxyl groups excluding tert-OH is 1. The summed E-state index contributed by atoms with van der Waals surface area (Å²) in [5, 5.41) is 13.7. The molecule has 0 spiro atoms. The number of hydrogen-bond donors (Lipinski definition) is 2. The van der Waals surface area contributed by atoms with Crippen molar-refractivity contribution >= 4 is 29.0 Å². The van der Waals surface area contributed by atoms with E-state index in [9.17, 15) is 9.90 Å². The Kier molecular flexibility index (Phi) is 5.36. The molecule has 0 saturated carbocycles. The van der Waals surface area contributed by atoms with Crippen LogP contribution in [0.3, 0.4) is 0 Å². The van der Waals surface area contributed by atoms with Crippen molar-refractivity contribution in [3.8, 4) is 0 Å². The molecule has 3 aromatic rings. The van der Waals surface area contributed by atoms with Gasteiger partial charge in [0.1, 0.15) is 0 Å². The highest BCUT2D eigenvalue weighted by Crippen LogP contribution is 2.48. The van der Waals surface area contributed by atoms with E-state index in [0.717, 1.165) is 16.8 Å². The first-order valence-corrected chi connectivity index (χ1v) is 10.7. The monoisotopic (exact) mass is 434 g/mol. The molecule has 2 aliphatic rings. The van der Waals surface area contributed by atoms with Crippen molar-refractivity contribution < 1.29 is 9.90 Å². The zero-order valence-electron chi connectivity index (χ0n) is 16.9. The number of halogens is 1. The highest BCUT2D eigenvalue weighted by molar-refractivity contribution is 6.30. The van der Waals surface area contributed by atoms with Crippen molar-refractivity contribution in [1.29, 1.82) is 0 Å². The maximum absolute atomic E-state index is 13.2. The molecule has 158 valence electrons. The van der Waals surface area contributed by atoms with Crippen LogP contribution in [0.25, 0.3) is 0 Å². The van der Waals surface area contributed by atoms with Crippen LogP contribution in [0.1, 0.15) is 17.0 Å². The molecule has 2 aromatic carbocycles. The summed E-state index contributed by atoms with van der Waals surface area (Å²) in [6.07, 6.45) is 3.60. The van der Waals surface area contributed by atoms with Crippen LogP contribution in [-0.4, -0.2) is 46.3 Å². The summed E-state index contributed by atoms with van der Waals surface area (Å²) in [6, 6.07) is 19.0. The lowest BCUT2D eigenvalue weighted by molar-refractivity contribution is -0.0484. The number of carbonyl (C=O) groups is 1. The summed E-state index contributed by atoms with van der Waals surface area (Å²) >= 11 is 6.07. The second kappa shape index (κ2) is 8.30. The van der Waals surface area contributed by atoms with Gasteiger partial charge in [-0.05, 0) is 41.5 Å². The quantitative estimate of drug-likeness (QED) is 0.648. The second-order valence-corrected chi connectivity index (χ2v) is 8.42. The average Bonchev–Trinajstić information content (AvgIpc) is 2.78. The van der Waals surface area contributed by atoms with Gasteiger partial charge in [0.15, 0.2) is 0 Å². The van der Waals surface area contributed by atoms with E-state index in [1.165, 1.54) is 0 Å². The van der Waals surface area contributed by atoms with E-state index in [1.807, 2.05) is 48.7 Å². The van der Waals surface area contributed by atoms with Gasteiger partial charge >= 0.3 is 6.03 Å². The Morgan fingerprint density at radius 1 is 1.16 bits per heavy atom. The standard InChI is InChI=1S/C24H23ClN4O2/c25-17-6-3-7-18(11-17)27-24(31)29-14-21-23(19-8-1-2-9-20(19)29)22(15-30)28(21)13-16-5-4-10-26-12-16/h1-12,21-23,30H,13-15H2,(H,27,31)/t21-,22-,23+/m1/s1. The van der Waals surface area contributed by atoms with Crippen LogP contribution in [0.5, 0.6) is 0 Å². The Balaban J connectivity index is 1.44. The number of benzene rings is 2. The van der Waals surface area contributed by atoms with E-state index in [-0.39, 0.29) is 30.6 Å². The number of urea groups is 1. The Hall–Kier alpha value is -2.93. The SMILES string of the molecule is O=C(Nc1cccc(Cl)c1)N1C[C@@H]2[C@H](c3ccccc31)[C@@H](CO)N2Cc1cccnc1. The van der Waals surface area contributed by atoms with Crippen LogP contribution in [0.15, 0.2) is 73.1 Å². The molecule has 1 saturated heterocycles. The summed E-state index contributed by atoms with van der Waals surface area (Å²) in [6.45, 7) is 1.31.